The van der Waals surface area contributed by atoms with Gasteiger partial charge in [-0.1, -0.05) is 17.7 Å². The van der Waals surface area contributed by atoms with Crippen molar-refractivity contribution in [1.82, 2.24) is 9.97 Å². The van der Waals surface area contributed by atoms with Crippen molar-refractivity contribution in [2.45, 2.75) is 0 Å². The molecule has 0 aliphatic rings. The predicted octanol–water partition coefficient (Wildman–Crippen LogP) is 3.60. The standard InChI is InChI=1S/C13H9ClFN3/c14-8-6-7(4-5-9(8)15)13-17-11-3-1-2-10(16)12(11)18-13/h1-6H,16H2,(H,17,18). The van der Waals surface area contributed by atoms with E-state index in [1.165, 1.54) is 12.1 Å². The minimum absolute atomic E-state index is 0.0703. The molecule has 3 N–H and O–H groups in total. The van der Waals surface area contributed by atoms with E-state index in [1.54, 1.807) is 12.1 Å². The summed E-state index contributed by atoms with van der Waals surface area (Å²) in [5.74, 6) is 0.167. The third-order valence-electron chi connectivity index (χ3n) is 2.74. The molecule has 0 bridgehead atoms. The van der Waals surface area contributed by atoms with Crippen LogP contribution in [0.25, 0.3) is 22.4 Å². The maximum atomic E-state index is 13.1. The van der Waals surface area contributed by atoms with Crippen LogP contribution in [-0.4, -0.2) is 9.97 Å². The number of hydrogen-bond donors (Lipinski definition) is 2. The number of aromatic nitrogens is 2. The van der Waals surface area contributed by atoms with Crippen LogP contribution in [0.5, 0.6) is 0 Å². The van der Waals surface area contributed by atoms with Gasteiger partial charge in [0.1, 0.15) is 17.2 Å². The Kier molecular flexibility index (Phi) is 2.45. The molecule has 2 aromatic carbocycles. The zero-order valence-electron chi connectivity index (χ0n) is 9.24. The highest BCUT2D eigenvalue weighted by Crippen LogP contribution is 2.26. The van der Waals surface area contributed by atoms with E-state index in [2.05, 4.69) is 9.97 Å². The molecule has 1 heterocycles. The van der Waals surface area contributed by atoms with Crippen molar-refractivity contribution in [3.05, 3.63) is 47.2 Å². The fraction of sp³-hybridized carbons (Fsp3) is 0. The highest BCUT2D eigenvalue weighted by Gasteiger charge is 2.09. The number of nitrogens with two attached hydrogens (primary N) is 1. The van der Waals surface area contributed by atoms with Crippen LogP contribution in [0.2, 0.25) is 5.02 Å². The molecule has 0 aliphatic carbocycles. The Morgan fingerprint density at radius 1 is 1.22 bits per heavy atom. The molecule has 0 radical (unpaired) electrons. The van der Waals surface area contributed by atoms with Crippen LogP contribution >= 0.6 is 11.6 Å². The number of rotatable bonds is 1. The fourth-order valence-corrected chi connectivity index (χ4v) is 2.02. The van der Waals surface area contributed by atoms with Crippen molar-refractivity contribution in [1.29, 1.82) is 0 Å². The number of hydrogen-bond acceptors (Lipinski definition) is 2. The number of H-pyrrole nitrogens is 1. The molecule has 0 atom stereocenters. The van der Waals surface area contributed by atoms with Gasteiger partial charge in [-0.3, -0.25) is 0 Å². The number of nitrogen functional groups attached to an aromatic ring is 1. The van der Waals surface area contributed by atoms with Gasteiger partial charge in [-0.2, -0.15) is 0 Å². The second-order valence-corrected chi connectivity index (χ2v) is 4.36. The summed E-state index contributed by atoms with van der Waals surface area (Å²) in [7, 11) is 0. The van der Waals surface area contributed by atoms with Gasteiger partial charge in [0.2, 0.25) is 0 Å². The van der Waals surface area contributed by atoms with Crippen molar-refractivity contribution >= 4 is 28.3 Å². The largest absolute Gasteiger partial charge is 0.397 e. The molecule has 5 heteroatoms. The number of fused-ring (bicyclic) bond motifs is 1. The van der Waals surface area contributed by atoms with E-state index in [-0.39, 0.29) is 5.02 Å². The zero-order chi connectivity index (χ0) is 12.7. The Hall–Kier alpha value is -2.07. The number of aromatic amines is 1. The van der Waals surface area contributed by atoms with E-state index in [1.807, 2.05) is 12.1 Å². The Morgan fingerprint density at radius 2 is 2.06 bits per heavy atom. The lowest BCUT2D eigenvalue weighted by Crippen LogP contribution is -1.85. The molecule has 3 rings (SSSR count). The van der Waals surface area contributed by atoms with Crippen LogP contribution in [-0.2, 0) is 0 Å². The lowest BCUT2D eigenvalue weighted by atomic mass is 10.2. The highest BCUT2D eigenvalue weighted by molar-refractivity contribution is 6.31. The van der Waals surface area contributed by atoms with Gasteiger partial charge in [-0.05, 0) is 30.3 Å². The second kappa shape index (κ2) is 3.99. The number of nitrogens with one attached hydrogen (secondary N) is 1. The third kappa shape index (κ3) is 1.71. The first-order valence-electron chi connectivity index (χ1n) is 5.35. The molecule has 18 heavy (non-hydrogen) atoms. The van der Waals surface area contributed by atoms with Gasteiger partial charge in [0.05, 0.1) is 16.2 Å². The van der Waals surface area contributed by atoms with Gasteiger partial charge in [-0.15, -0.1) is 0 Å². The topological polar surface area (TPSA) is 54.7 Å². The summed E-state index contributed by atoms with van der Waals surface area (Å²) >= 11 is 5.75. The van der Waals surface area contributed by atoms with Crippen molar-refractivity contribution in [2.24, 2.45) is 0 Å². The van der Waals surface area contributed by atoms with Crippen LogP contribution < -0.4 is 5.73 Å². The van der Waals surface area contributed by atoms with Crippen molar-refractivity contribution in [3.63, 3.8) is 0 Å². The molecule has 90 valence electrons. The minimum Gasteiger partial charge on any atom is -0.397 e. The van der Waals surface area contributed by atoms with Gasteiger partial charge in [-0.25, -0.2) is 9.37 Å². The lowest BCUT2D eigenvalue weighted by molar-refractivity contribution is 0.628. The van der Waals surface area contributed by atoms with Crippen molar-refractivity contribution in [2.75, 3.05) is 5.73 Å². The van der Waals surface area contributed by atoms with Gasteiger partial charge in [0.25, 0.3) is 0 Å². The highest BCUT2D eigenvalue weighted by atomic mass is 35.5. The summed E-state index contributed by atoms with van der Waals surface area (Å²) in [6.45, 7) is 0. The SMILES string of the molecule is Nc1cccc2[nH]c(-c3ccc(F)c(Cl)c3)nc12. The smallest absolute Gasteiger partial charge is 0.141 e. The Morgan fingerprint density at radius 3 is 2.78 bits per heavy atom. The molecule has 0 amide bonds. The molecule has 3 aromatic rings. The minimum atomic E-state index is -0.448. The number of benzene rings is 2. The van der Waals surface area contributed by atoms with Crippen LogP contribution in [0.15, 0.2) is 36.4 Å². The Balaban J connectivity index is 2.19. The number of nitrogens with zero attached hydrogens (tertiary/aromatic N) is 1. The van der Waals surface area contributed by atoms with Crippen LogP contribution in [0, 0.1) is 5.82 Å². The fourth-order valence-electron chi connectivity index (χ4n) is 1.83. The summed E-state index contributed by atoms with van der Waals surface area (Å²) in [6.07, 6.45) is 0. The number of anilines is 1. The number of para-hydroxylation sites is 1. The number of imidazole rings is 1. The van der Waals surface area contributed by atoms with E-state index in [0.29, 0.717) is 17.0 Å². The maximum Gasteiger partial charge on any atom is 0.141 e. The van der Waals surface area contributed by atoms with Gasteiger partial charge in [0, 0.05) is 5.56 Å². The summed E-state index contributed by atoms with van der Waals surface area (Å²) in [4.78, 5) is 7.52. The van der Waals surface area contributed by atoms with E-state index >= 15 is 0 Å². The van der Waals surface area contributed by atoms with Crippen molar-refractivity contribution < 1.29 is 4.39 Å². The predicted molar refractivity (Wildman–Crippen MR) is 70.9 cm³/mol. The van der Waals surface area contributed by atoms with Crippen LogP contribution in [0.1, 0.15) is 0 Å². The normalized spacial score (nSPS) is 11.0. The molecule has 0 unspecified atom stereocenters. The summed E-state index contributed by atoms with van der Waals surface area (Å²) < 4.78 is 13.1. The Bertz CT molecular complexity index is 736. The van der Waals surface area contributed by atoms with E-state index in [9.17, 15) is 4.39 Å². The van der Waals surface area contributed by atoms with Gasteiger partial charge >= 0.3 is 0 Å². The molecule has 0 spiro atoms. The van der Waals surface area contributed by atoms with Crippen LogP contribution in [0.4, 0.5) is 10.1 Å². The Labute approximate surface area is 107 Å². The van der Waals surface area contributed by atoms with Crippen LogP contribution in [0.3, 0.4) is 0 Å². The quantitative estimate of drug-likeness (QED) is 0.658. The molecule has 3 nitrogen and oxygen atoms in total. The lowest BCUT2D eigenvalue weighted by Gasteiger charge is -1.98. The average Bonchev–Trinajstić information content (AvgIpc) is 2.78. The van der Waals surface area contributed by atoms with E-state index in [4.69, 9.17) is 17.3 Å². The molecule has 0 saturated heterocycles. The molecule has 0 fully saturated rings. The first kappa shape index (κ1) is 11.0. The average molecular weight is 262 g/mol. The first-order chi connectivity index (χ1) is 8.65. The molecular formula is C13H9ClFN3. The van der Waals surface area contributed by atoms with E-state index < -0.39 is 5.82 Å². The maximum absolute atomic E-state index is 13.1. The molecule has 0 aliphatic heterocycles. The molecule has 1 aromatic heterocycles. The molecular weight excluding hydrogens is 253 g/mol. The molecule has 0 saturated carbocycles. The monoisotopic (exact) mass is 261 g/mol. The van der Waals surface area contributed by atoms with Crippen molar-refractivity contribution in [3.8, 4) is 11.4 Å². The second-order valence-electron chi connectivity index (χ2n) is 3.96. The summed E-state index contributed by atoms with van der Waals surface area (Å²) in [5.41, 5.74) is 8.69. The van der Waals surface area contributed by atoms with Gasteiger partial charge in [0.15, 0.2) is 0 Å². The summed E-state index contributed by atoms with van der Waals surface area (Å²) in [6, 6.07) is 9.98. The van der Waals surface area contributed by atoms with E-state index in [0.717, 1.165) is 11.1 Å². The summed E-state index contributed by atoms with van der Waals surface area (Å²) in [5, 5.41) is 0.0703. The first-order valence-corrected chi connectivity index (χ1v) is 5.72. The number of halogens is 2. The van der Waals surface area contributed by atoms with Gasteiger partial charge < -0.3 is 10.7 Å². The third-order valence-corrected chi connectivity index (χ3v) is 3.03. The zero-order valence-corrected chi connectivity index (χ0v) is 10.0.